The van der Waals surface area contributed by atoms with Crippen LogP contribution in [-0.4, -0.2) is 29.8 Å². The van der Waals surface area contributed by atoms with E-state index in [-0.39, 0.29) is 35.6 Å². The zero-order valence-corrected chi connectivity index (χ0v) is 10.00. The first-order chi connectivity index (χ1) is 9.10. The van der Waals surface area contributed by atoms with Crippen LogP contribution in [0, 0.1) is 10.1 Å². The third kappa shape index (κ3) is 3.51. The Hall–Kier alpha value is -2.44. The van der Waals surface area contributed by atoms with Crippen LogP contribution in [0.4, 0.5) is 5.69 Å². The van der Waals surface area contributed by atoms with E-state index in [1.54, 1.807) is 0 Å². The van der Waals surface area contributed by atoms with Gasteiger partial charge in [-0.1, -0.05) is 0 Å². The van der Waals surface area contributed by atoms with Crippen molar-refractivity contribution in [3.05, 3.63) is 33.9 Å². The zero-order chi connectivity index (χ0) is 13.8. The summed E-state index contributed by atoms with van der Waals surface area (Å²) >= 11 is 0. The number of hydrogen-bond donors (Lipinski definition) is 1. The Labute approximate surface area is 108 Å². The van der Waals surface area contributed by atoms with E-state index in [4.69, 9.17) is 4.74 Å². The minimum Gasteiger partial charge on any atom is -0.483 e. The van der Waals surface area contributed by atoms with Crippen LogP contribution in [0.1, 0.15) is 23.2 Å². The van der Waals surface area contributed by atoms with Crippen molar-refractivity contribution >= 4 is 17.9 Å². The van der Waals surface area contributed by atoms with Gasteiger partial charge in [0.25, 0.3) is 11.6 Å². The number of non-ortho nitro benzene ring substituents is 1. The minimum absolute atomic E-state index is 0.0495. The molecule has 0 aromatic heterocycles. The molecule has 0 atom stereocenters. The van der Waals surface area contributed by atoms with Gasteiger partial charge in [-0.25, -0.2) is 0 Å². The Morgan fingerprint density at radius 1 is 1.53 bits per heavy atom. The van der Waals surface area contributed by atoms with E-state index in [9.17, 15) is 19.7 Å². The van der Waals surface area contributed by atoms with Crippen LogP contribution >= 0.6 is 0 Å². The smallest absolute Gasteiger partial charge is 0.270 e. The number of aldehydes is 1. The number of ether oxygens (including phenoxy) is 1. The van der Waals surface area contributed by atoms with E-state index in [1.807, 2.05) is 0 Å². The van der Waals surface area contributed by atoms with Gasteiger partial charge in [-0.15, -0.1) is 0 Å². The topological polar surface area (TPSA) is 98.5 Å². The maximum Gasteiger partial charge on any atom is 0.270 e. The SMILES string of the molecule is O=Cc1cc([N+](=O)[O-])ccc1OCC(=O)NC1CC1. The molecule has 0 radical (unpaired) electrons. The first-order valence-electron chi connectivity index (χ1n) is 5.76. The van der Waals surface area contributed by atoms with E-state index in [0.29, 0.717) is 6.29 Å². The van der Waals surface area contributed by atoms with Gasteiger partial charge in [0.05, 0.1) is 10.5 Å². The summed E-state index contributed by atoms with van der Waals surface area (Å²) in [6.07, 6.45) is 2.41. The maximum atomic E-state index is 11.4. The Morgan fingerprint density at radius 2 is 2.26 bits per heavy atom. The summed E-state index contributed by atoms with van der Waals surface area (Å²) in [5.74, 6) is -0.107. The standard InChI is InChI=1S/C12H12N2O5/c15-6-8-5-10(14(17)18)3-4-11(8)19-7-12(16)13-9-1-2-9/h3-6,9H,1-2,7H2,(H,13,16). The van der Waals surface area contributed by atoms with Crippen molar-refractivity contribution in [1.29, 1.82) is 0 Å². The van der Waals surface area contributed by atoms with Gasteiger partial charge < -0.3 is 10.1 Å². The van der Waals surface area contributed by atoms with E-state index >= 15 is 0 Å². The zero-order valence-electron chi connectivity index (χ0n) is 10.00. The normalized spacial score (nSPS) is 13.7. The Kier molecular flexibility index (Phi) is 3.74. The Balaban J connectivity index is 2.00. The first kappa shape index (κ1) is 13.0. The summed E-state index contributed by atoms with van der Waals surface area (Å²) in [6, 6.07) is 3.88. The highest BCUT2D eigenvalue weighted by atomic mass is 16.6. The number of amides is 1. The lowest BCUT2D eigenvalue weighted by Gasteiger charge is -2.08. The first-order valence-corrected chi connectivity index (χ1v) is 5.76. The highest BCUT2D eigenvalue weighted by molar-refractivity contribution is 5.82. The summed E-state index contributed by atoms with van der Waals surface area (Å²) in [7, 11) is 0. The van der Waals surface area contributed by atoms with E-state index in [0.717, 1.165) is 18.9 Å². The molecule has 0 spiro atoms. The fourth-order valence-corrected chi connectivity index (χ4v) is 1.51. The minimum atomic E-state index is -0.601. The van der Waals surface area contributed by atoms with Gasteiger partial charge in [0.1, 0.15) is 5.75 Å². The number of nitrogens with one attached hydrogen (secondary N) is 1. The molecule has 0 unspecified atom stereocenters. The molecule has 1 aromatic carbocycles. The third-order valence-electron chi connectivity index (χ3n) is 2.63. The molecule has 1 fully saturated rings. The number of carbonyl (C=O) groups is 2. The quantitative estimate of drug-likeness (QED) is 0.470. The molecule has 0 aliphatic heterocycles. The molecule has 19 heavy (non-hydrogen) atoms. The Bertz CT molecular complexity index is 525. The molecule has 0 heterocycles. The Morgan fingerprint density at radius 3 is 2.84 bits per heavy atom. The van der Waals surface area contributed by atoms with Crippen LogP contribution in [0.25, 0.3) is 0 Å². The molecule has 1 N–H and O–H groups in total. The number of rotatable bonds is 6. The summed E-state index contributed by atoms with van der Waals surface area (Å²) in [5, 5.41) is 13.3. The number of benzene rings is 1. The van der Waals surface area contributed by atoms with E-state index < -0.39 is 4.92 Å². The molecule has 1 aromatic rings. The lowest BCUT2D eigenvalue weighted by Crippen LogP contribution is -2.30. The highest BCUT2D eigenvalue weighted by Gasteiger charge is 2.23. The van der Waals surface area contributed by atoms with Crippen LogP contribution in [0.5, 0.6) is 5.75 Å². The molecular formula is C12H12N2O5. The number of nitrogens with zero attached hydrogens (tertiary/aromatic N) is 1. The van der Waals surface area contributed by atoms with Crippen LogP contribution in [0.2, 0.25) is 0 Å². The molecular weight excluding hydrogens is 252 g/mol. The molecule has 7 nitrogen and oxygen atoms in total. The summed E-state index contributed by atoms with van der Waals surface area (Å²) in [4.78, 5) is 32.2. The van der Waals surface area contributed by atoms with E-state index in [2.05, 4.69) is 5.32 Å². The van der Waals surface area contributed by atoms with Gasteiger partial charge in [-0.2, -0.15) is 0 Å². The molecule has 1 aliphatic rings. The van der Waals surface area contributed by atoms with Gasteiger partial charge in [0, 0.05) is 18.2 Å². The molecule has 1 saturated carbocycles. The van der Waals surface area contributed by atoms with Gasteiger partial charge in [0.2, 0.25) is 0 Å². The van der Waals surface area contributed by atoms with Crippen LogP contribution < -0.4 is 10.1 Å². The van der Waals surface area contributed by atoms with Crippen LogP contribution in [-0.2, 0) is 4.79 Å². The van der Waals surface area contributed by atoms with Crippen molar-refractivity contribution in [3.63, 3.8) is 0 Å². The van der Waals surface area contributed by atoms with Crippen molar-refractivity contribution in [3.8, 4) is 5.75 Å². The molecule has 100 valence electrons. The average molecular weight is 264 g/mol. The number of hydrogen-bond acceptors (Lipinski definition) is 5. The third-order valence-corrected chi connectivity index (χ3v) is 2.63. The van der Waals surface area contributed by atoms with Gasteiger partial charge in [-0.05, 0) is 18.9 Å². The number of carbonyl (C=O) groups excluding carboxylic acids is 2. The fraction of sp³-hybridized carbons (Fsp3) is 0.333. The van der Waals surface area contributed by atoms with Gasteiger partial charge in [0.15, 0.2) is 12.9 Å². The predicted octanol–water partition coefficient (Wildman–Crippen LogP) is 1.06. The monoisotopic (exact) mass is 264 g/mol. The molecule has 2 rings (SSSR count). The summed E-state index contributed by atoms with van der Waals surface area (Å²) in [5.41, 5.74) is -0.148. The second-order valence-electron chi connectivity index (χ2n) is 4.23. The van der Waals surface area contributed by atoms with E-state index in [1.165, 1.54) is 12.1 Å². The van der Waals surface area contributed by atoms with Crippen molar-refractivity contribution in [2.75, 3.05) is 6.61 Å². The highest BCUT2D eigenvalue weighted by Crippen LogP contribution is 2.23. The maximum absolute atomic E-state index is 11.4. The van der Waals surface area contributed by atoms with Crippen LogP contribution in [0.15, 0.2) is 18.2 Å². The van der Waals surface area contributed by atoms with Crippen LogP contribution in [0.3, 0.4) is 0 Å². The van der Waals surface area contributed by atoms with Crippen molar-refractivity contribution in [2.45, 2.75) is 18.9 Å². The molecule has 0 bridgehead atoms. The lowest BCUT2D eigenvalue weighted by atomic mass is 10.2. The molecule has 7 heteroatoms. The molecule has 1 aliphatic carbocycles. The second kappa shape index (κ2) is 5.47. The van der Waals surface area contributed by atoms with Crippen molar-refractivity contribution in [1.82, 2.24) is 5.32 Å². The second-order valence-corrected chi connectivity index (χ2v) is 4.23. The van der Waals surface area contributed by atoms with Crippen molar-refractivity contribution < 1.29 is 19.2 Å². The van der Waals surface area contributed by atoms with Gasteiger partial charge in [-0.3, -0.25) is 19.7 Å². The van der Waals surface area contributed by atoms with Crippen molar-refractivity contribution in [2.24, 2.45) is 0 Å². The lowest BCUT2D eigenvalue weighted by molar-refractivity contribution is -0.384. The average Bonchev–Trinajstić information content (AvgIpc) is 3.19. The number of nitro benzene ring substituents is 1. The number of nitro groups is 1. The fourth-order valence-electron chi connectivity index (χ4n) is 1.51. The molecule has 0 saturated heterocycles. The molecule has 1 amide bonds. The van der Waals surface area contributed by atoms with Gasteiger partial charge >= 0.3 is 0 Å². The largest absolute Gasteiger partial charge is 0.483 e. The summed E-state index contributed by atoms with van der Waals surface area (Å²) in [6.45, 7) is -0.213. The summed E-state index contributed by atoms with van der Waals surface area (Å²) < 4.78 is 5.19. The predicted molar refractivity (Wildman–Crippen MR) is 65.1 cm³/mol.